The van der Waals surface area contributed by atoms with E-state index in [1.165, 1.54) is 43.8 Å². The Labute approximate surface area is 307 Å². The SMILES string of the molecule is N#Cc1ccc2c(c1)c1cc(-c3ccc4c(-c5ccccc5)c5cc(-c6ccncc6)ccc5c(-c5ccccc5)c4c3)ccc1n2-c1ccccc1. The van der Waals surface area contributed by atoms with Crippen LogP contribution < -0.4 is 0 Å². The van der Waals surface area contributed by atoms with Crippen LogP contribution in [0, 0.1) is 11.3 Å². The lowest BCUT2D eigenvalue weighted by Gasteiger charge is -2.19. The van der Waals surface area contributed by atoms with E-state index in [1.54, 1.807) is 0 Å². The Hall–Kier alpha value is -7.28. The number of nitriles is 1. The summed E-state index contributed by atoms with van der Waals surface area (Å²) >= 11 is 0. The molecule has 0 aliphatic carbocycles. The fourth-order valence-corrected chi connectivity index (χ4v) is 8.09. The Bertz CT molecular complexity index is 3030. The van der Waals surface area contributed by atoms with Gasteiger partial charge in [-0.1, -0.05) is 109 Å². The molecule has 0 bridgehead atoms. The molecule has 0 fully saturated rings. The number of para-hydroxylation sites is 1. The van der Waals surface area contributed by atoms with Gasteiger partial charge < -0.3 is 4.57 Å². The lowest BCUT2D eigenvalue weighted by Crippen LogP contribution is -1.93. The van der Waals surface area contributed by atoms with Crippen LogP contribution >= 0.6 is 0 Å². The third-order valence-electron chi connectivity index (χ3n) is 10.5. The Morgan fingerprint density at radius 2 is 0.849 bits per heavy atom. The van der Waals surface area contributed by atoms with Crippen LogP contribution in [0.4, 0.5) is 0 Å². The second-order valence-electron chi connectivity index (χ2n) is 13.5. The molecule has 0 unspecified atom stereocenters. The summed E-state index contributed by atoms with van der Waals surface area (Å²) in [4.78, 5) is 4.27. The molecular formula is C50H31N3. The highest BCUT2D eigenvalue weighted by molar-refractivity contribution is 6.22. The van der Waals surface area contributed by atoms with Crippen molar-refractivity contribution < 1.29 is 0 Å². The first-order chi connectivity index (χ1) is 26.2. The molecule has 8 aromatic carbocycles. The van der Waals surface area contributed by atoms with Gasteiger partial charge in [-0.3, -0.25) is 4.98 Å². The molecule has 53 heavy (non-hydrogen) atoms. The van der Waals surface area contributed by atoms with Gasteiger partial charge in [0.25, 0.3) is 0 Å². The average molecular weight is 674 g/mol. The summed E-state index contributed by atoms with van der Waals surface area (Å²) in [5, 5.41) is 16.9. The van der Waals surface area contributed by atoms with Crippen molar-refractivity contribution in [1.82, 2.24) is 9.55 Å². The van der Waals surface area contributed by atoms with Crippen molar-refractivity contribution >= 4 is 43.4 Å². The summed E-state index contributed by atoms with van der Waals surface area (Å²) in [6.07, 6.45) is 3.71. The van der Waals surface area contributed by atoms with E-state index in [9.17, 15) is 5.26 Å². The Morgan fingerprint density at radius 3 is 1.42 bits per heavy atom. The highest BCUT2D eigenvalue weighted by atomic mass is 15.0. The summed E-state index contributed by atoms with van der Waals surface area (Å²) < 4.78 is 2.29. The van der Waals surface area contributed by atoms with Crippen LogP contribution in [-0.2, 0) is 0 Å². The molecule has 2 heterocycles. The summed E-state index contributed by atoms with van der Waals surface area (Å²) in [7, 11) is 0. The van der Waals surface area contributed by atoms with Crippen LogP contribution in [0.15, 0.2) is 188 Å². The highest BCUT2D eigenvalue weighted by Gasteiger charge is 2.19. The van der Waals surface area contributed by atoms with Gasteiger partial charge in [0.15, 0.2) is 0 Å². The first kappa shape index (κ1) is 30.5. The van der Waals surface area contributed by atoms with E-state index >= 15 is 0 Å². The highest BCUT2D eigenvalue weighted by Crippen LogP contribution is 2.46. The van der Waals surface area contributed by atoms with Gasteiger partial charge in [-0.2, -0.15) is 5.26 Å². The molecule has 10 rings (SSSR count). The molecule has 0 saturated heterocycles. The first-order valence-electron chi connectivity index (χ1n) is 17.8. The van der Waals surface area contributed by atoms with Crippen LogP contribution in [-0.4, -0.2) is 9.55 Å². The molecular weight excluding hydrogens is 643 g/mol. The van der Waals surface area contributed by atoms with E-state index in [2.05, 4.69) is 173 Å². The fourth-order valence-electron chi connectivity index (χ4n) is 8.09. The van der Waals surface area contributed by atoms with Crippen LogP contribution in [0.5, 0.6) is 0 Å². The average Bonchev–Trinajstić information content (AvgIpc) is 3.56. The minimum Gasteiger partial charge on any atom is -0.309 e. The van der Waals surface area contributed by atoms with E-state index in [0.717, 1.165) is 49.7 Å². The zero-order valence-electron chi connectivity index (χ0n) is 28.7. The number of benzene rings is 8. The summed E-state index contributed by atoms with van der Waals surface area (Å²) in [6.45, 7) is 0. The number of fused-ring (bicyclic) bond motifs is 5. The van der Waals surface area contributed by atoms with Gasteiger partial charge in [-0.25, -0.2) is 0 Å². The van der Waals surface area contributed by atoms with Crippen LogP contribution in [0.2, 0.25) is 0 Å². The van der Waals surface area contributed by atoms with Gasteiger partial charge in [0.2, 0.25) is 0 Å². The smallest absolute Gasteiger partial charge is 0.0991 e. The zero-order chi connectivity index (χ0) is 35.3. The molecule has 0 radical (unpaired) electrons. The van der Waals surface area contributed by atoms with Gasteiger partial charge in [0.1, 0.15) is 0 Å². The molecule has 0 atom stereocenters. The summed E-state index contributed by atoms with van der Waals surface area (Å²) in [5.41, 5.74) is 13.3. The molecule has 0 spiro atoms. The quantitative estimate of drug-likeness (QED) is 0.171. The van der Waals surface area contributed by atoms with Gasteiger partial charge >= 0.3 is 0 Å². The number of nitrogens with zero attached hydrogens (tertiary/aromatic N) is 3. The predicted octanol–water partition coefficient (Wildman–Crippen LogP) is 13.0. The number of rotatable bonds is 5. The normalized spacial score (nSPS) is 11.4. The predicted molar refractivity (Wildman–Crippen MR) is 220 cm³/mol. The van der Waals surface area contributed by atoms with Crippen molar-refractivity contribution in [2.24, 2.45) is 0 Å². The van der Waals surface area contributed by atoms with Crippen molar-refractivity contribution in [1.29, 1.82) is 5.26 Å². The molecule has 0 aliphatic rings. The lowest BCUT2D eigenvalue weighted by molar-refractivity contribution is 1.18. The molecule has 0 saturated carbocycles. The maximum absolute atomic E-state index is 9.84. The van der Waals surface area contributed by atoms with Crippen molar-refractivity contribution in [3.05, 3.63) is 194 Å². The number of hydrogen-bond donors (Lipinski definition) is 0. The van der Waals surface area contributed by atoms with Gasteiger partial charge in [0, 0.05) is 28.9 Å². The van der Waals surface area contributed by atoms with E-state index in [1.807, 2.05) is 30.6 Å². The van der Waals surface area contributed by atoms with Crippen LogP contribution in [0.3, 0.4) is 0 Å². The molecule has 3 heteroatoms. The van der Waals surface area contributed by atoms with Crippen LogP contribution in [0.1, 0.15) is 5.56 Å². The Kier molecular flexibility index (Phi) is 7.20. The number of pyridine rings is 1. The molecule has 3 nitrogen and oxygen atoms in total. The van der Waals surface area contributed by atoms with E-state index < -0.39 is 0 Å². The summed E-state index contributed by atoms with van der Waals surface area (Å²) in [5.74, 6) is 0. The Balaban J connectivity index is 1.27. The van der Waals surface area contributed by atoms with E-state index in [0.29, 0.717) is 5.56 Å². The number of aromatic nitrogens is 2. The second-order valence-corrected chi connectivity index (χ2v) is 13.5. The third-order valence-corrected chi connectivity index (χ3v) is 10.5. The monoisotopic (exact) mass is 673 g/mol. The van der Waals surface area contributed by atoms with Crippen molar-refractivity contribution in [2.45, 2.75) is 0 Å². The molecule has 0 aliphatic heterocycles. The van der Waals surface area contributed by atoms with Gasteiger partial charge in [0.05, 0.1) is 22.7 Å². The van der Waals surface area contributed by atoms with Gasteiger partial charge in [-0.05, 0) is 133 Å². The van der Waals surface area contributed by atoms with Crippen molar-refractivity contribution in [2.75, 3.05) is 0 Å². The van der Waals surface area contributed by atoms with E-state index in [-0.39, 0.29) is 0 Å². The van der Waals surface area contributed by atoms with Crippen molar-refractivity contribution in [3.8, 4) is 56.3 Å². The molecule has 246 valence electrons. The largest absolute Gasteiger partial charge is 0.309 e. The molecule has 10 aromatic rings. The fraction of sp³-hybridized carbons (Fsp3) is 0. The van der Waals surface area contributed by atoms with E-state index in [4.69, 9.17) is 0 Å². The minimum absolute atomic E-state index is 0.653. The minimum atomic E-state index is 0.653. The maximum atomic E-state index is 9.84. The standard InChI is InChI=1S/C50H31N3/c51-32-33-16-22-47-43(28-33)44-29-39(19-23-48(44)53(47)40-14-8-3-9-15-40)38-18-21-42-46(31-38)50(36-12-6-2-7-13-36)41-20-17-37(34-24-26-52-27-25-34)30-45(41)49(42)35-10-4-1-5-11-35/h1-31H. The second kappa shape index (κ2) is 12.5. The van der Waals surface area contributed by atoms with Gasteiger partial charge in [-0.15, -0.1) is 0 Å². The lowest BCUT2D eigenvalue weighted by atomic mass is 9.84. The first-order valence-corrected chi connectivity index (χ1v) is 17.8. The van der Waals surface area contributed by atoms with Crippen LogP contribution in [0.25, 0.3) is 93.5 Å². The van der Waals surface area contributed by atoms with Crippen molar-refractivity contribution in [3.63, 3.8) is 0 Å². The molecule has 0 N–H and O–H groups in total. The molecule has 0 amide bonds. The molecule has 2 aromatic heterocycles. The zero-order valence-corrected chi connectivity index (χ0v) is 28.7. The Morgan fingerprint density at radius 1 is 0.377 bits per heavy atom. The third kappa shape index (κ3) is 5.08. The topological polar surface area (TPSA) is 41.6 Å². The summed E-state index contributed by atoms with van der Waals surface area (Å²) in [6, 6.07) is 65.0. The number of hydrogen-bond acceptors (Lipinski definition) is 2. The maximum Gasteiger partial charge on any atom is 0.0991 e.